The molecule has 0 aliphatic rings. The number of nitrogens with one attached hydrogen (secondary N) is 2. The monoisotopic (exact) mass is 303 g/mol. The number of aromatic nitrogens is 1. The van der Waals surface area contributed by atoms with E-state index in [0.29, 0.717) is 16.4 Å². The normalized spacial score (nSPS) is 9.95. The Labute approximate surface area is 127 Å². The highest BCUT2D eigenvalue weighted by molar-refractivity contribution is 6.33. The van der Waals surface area contributed by atoms with Crippen LogP contribution in [-0.4, -0.2) is 23.3 Å². The molecule has 2 aromatic rings. The van der Waals surface area contributed by atoms with Gasteiger partial charge in [0.25, 0.3) is 5.91 Å². The zero-order chi connectivity index (χ0) is 15.1. The first-order valence-electron chi connectivity index (χ1n) is 6.40. The molecule has 0 fully saturated rings. The van der Waals surface area contributed by atoms with E-state index in [0.717, 1.165) is 0 Å². The number of hydrogen-bond acceptors (Lipinski definition) is 3. The van der Waals surface area contributed by atoms with Gasteiger partial charge in [-0.25, -0.2) is 4.98 Å². The Morgan fingerprint density at radius 2 is 1.86 bits per heavy atom. The maximum atomic E-state index is 11.9. The second-order valence-corrected chi connectivity index (χ2v) is 4.66. The summed E-state index contributed by atoms with van der Waals surface area (Å²) in [5.74, 6) is -0.0284. The lowest BCUT2D eigenvalue weighted by atomic mass is 10.2. The summed E-state index contributed by atoms with van der Waals surface area (Å²) in [5.41, 5.74) is 0.393. The van der Waals surface area contributed by atoms with Crippen molar-refractivity contribution >= 4 is 29.2 Å². The Kier molecular flexibility index (Phi) is 5.29. The van der Waals surface area contributed by atoms with E-state index in [1.54, 1.807) is 48.7 Å². The fraction of sp³-hybridized carbons (Fsp3) is 0.133. The van der Waals surface area contributed by atoms with Crippen LogP contribution in [0.25, 0.3) is 0 Å². The number of carbonyl (C=O) groups excluding carboxylic acids is 2. The smallest absolute Gasteiger partial charge is 0.252 e. The molecule has 1 heterocycles. The van der Waals surface area contributed by atoms with Crippen LogP contribution >= 0.6 is 11.6 Å². The van der Waals surface area contributed by atoms with Crippen molar-refractivity contribution in [2.24, 2.45) is 0 Å². The fourth-order valence-corrected chi connectivity index (χ4v) is 1.89. The van der Waals surface area contributed by atoms with Gasteiger partial charge < -0.3 is 10.6 Å². The first-order chi connectivity index (χ1) is 10.2. The Bertz CT molecular complexity index is 632. The molecule has 0 saturated heterocycles. The lowest BCUT2D eigenvalue weighted by Crippen LogP contribution is -2.28. The van der Waals surface area contributed by atoms with Gasteiger partial charge in [-0.05, 0) is 24.3 Å². The number of benzene rings is 1. The van der Waals surface area contributed by atoms with Crippen molar-refractivity contribution in [1.82, 2.24) is 10.3 Å². The molecule has 5 nitrogen and oxygen atoms in total. The maximum Gasteiger partial charge on any atom is 0.252 e. The Balaban J connectivity index is 1.78. The van der Waals surface area contributed by atoms with Crippen LogP contribution in [0.1, 0.15) is 16.8 Å². The first-order valence-corrected chi connectivity index (χ1v) is 6.78. The van der Waals surface area contributed by atoms with Crippen LogP contribution in [0.15, 0.2) is 48.7 Å². The van der Waals surface area contributed by atoms with E-state index in [9.17, 15) is 9.59 Å². The highest BCUT2D eigenvalue weighted by Gasteiger charge is 2.09. The molecule has 2 rings (SSSR count). The minimum absolute atomic E-state index is 0.159. The third-order valence-electron chi connectivity index (χ3n) is 2.69. The van der Waals surface area contributed by atoms with Crippen molar-refractivity contribution in [3.8, 4) is 0 Å². The van der Waals surface area contributed by atoms with Gasteiger partial charge in [-0.2, -0.15) is 0 Å². The molecule has 0 bridgehead atoms. The van der Waals surface area contributed by atoms with E-state index in [-0.39, 0.29) is 24.8 Å². The minimum Gasteiger partial charge on any atom is -0.351 e. The number of halogens is 1. The van der Waals surface area contributed by atoms with Crippen molar-refractivity contribution in [3.63, 3.8) is 0 Å². The zero-order valence-corrected chi connectivity index (χ0v) is 11.9. The predicted octanol–water partition coefficient (Wildman–Crippen LogP) is 2.49. The number of hydrogen-bond donors (Lipinski definition) is 2. The number of carbonyl (C=O) groups is 2. The van der Waals surface area contributed by atoms with Gasteiger partial charge in [0.05, 0.1) is 10.6 Å². The van der Waals surface area contributed by atoms with Crippen molar-refractivity contribution in [2.75, 3.05) is 11.9 Å². The highest BCUT2D eigenvalue weighted by atomic mass is 35.5. The second kappa shape index (κ2) is 7.40. The van der Waals surface area contributed by atoms with Crippen LogP contribution in [-0.2, 0) is 4.79 Å². The van der Waals surface area contributed by atoms with Crippen molar-refractivity contribution in [2.45, 2.75) is 6.42 Å². The van der Waals surface area contributed by atoms with Gasteiger partial charge in [-0.15, -0.1) is 0 Å². The maximum absolute atomic E-state index is 11.9. The summed E-state index contributed by atoms with van der Waals surface area (Å²) in [6, 6.07) is 12.0. The van der Waals surface area contributed by atoms with Gasteiger partial charge in [0.1, 0.15) is 5.82 Å². The molecule has 0 aliphatic heterocycles. The van der Waals surface area contributed by atoms with E-state index in [2.05, 4.69) is 15.6 Å². The van der Waals surface area contributed by atoms with Gasteiger partial charge in [-0.1, -0.05) is 29.8 Å². The molecule has 0 unspecified atom stereocenters. The molecule has 108 valence electrons. The predicted molar refractivity (Wildman–Crippen MR) is 81.3 cm³/mol. The van der Waals surface area contributed by atoms with Gasteiger partial charge >= 0.3 is 0 Å². The van der Waals surface area contributed by atoms with Crippen LogP contribution in [0.5, 0.6) is 0 Å². The van der Waals surface area contributed by atoms with Crippen LogP contribution in [0.2, 0.25) is 5.02 Å². The molecule has 0 saturated carbocycles. The third kappa shape index (κ3) is 4.57. The first kappa shape index (κ1) is 15.0. The molecule has 0 atom stereocenters. The quantitative estimate of drug-likeness (QED) is 0.891. The molecular formula is C15H14ClN3O2. The number of pyridine rings is 1. The summed E-state index contributed by atoms with van der Waals surface area (Å²) < 4.78 is 0. The molecule has 0 radical (unpaired) electrons. The second-order valence-electron chi connectivity index (χ2n) is 4.25. The average molecular weight is 304 g/mol. The van der Waals surface area contributed by atoms with Crippen molar-refractivity contribution in [1.29, 1.82) is 0 Å². The van der Waals surface area contributed by atoms with E-state index in [1.165, 1.54) is 0 Å². The minimum atomic E-state index is -0.300. The van der Waals surface area contributed by atoms with E-state index in [1.807, 2.05) is 0 Å². The molecule has 0 aliphatic carbocycles. The lowest BCUT2D eigenvalue weighted by molar-refractivity contribution is -0.116. The van der Waals surface area contributed by atoms with Gasteiger partial charge in [0.2, 0.25) is 5.91 Å². The van der Waals surface area contributed by atoms with Gasteiger partial charge in [0.15, 0.2) is 0 Å². The molecular weight excluding hydrogens is 290 g/mol. The number of amides is 2. The molecule has 1 aromatic carbocycles. The molecule has 0 spiro atoms. The Morgan fingerprint density at radius 1 is 1.10 bits per heavy atom. The molecule has 6 heteroatoms. The number of anilines is 1. The van der Waals surface area contributed by atoms with E-state index >= 15 is 0 Å². The van der Waals surface area contributed by atoms with Gasteiger partial charge in [0, 0.05) is 19.2 Å². The summed E-state index contributed by atoms with van der Waals surface area (Å²) in [4.78, 5) is 27.5. The topological polar surface area (TPSA) is 71.1 Å². The zero-order valence-electron chi connectivity index (χ0n) is 11.2. The average Bonchev–Trinajstić information content (AvgIpc) is 2.48. The lowest BCUT2D eigenvalue weighted by Gasteiger charge is -2.07. The summed E-state index contributed by atoms with van der Waals surface area (Å²) in [6.45, 7) is 0.225. The number of rotatable bonds is 5. The molecule has 21 heavy (non-hydrogen) atoms. The van der Waals surface area contributed by atoms with Crippen molar-refractivity contribution in [3.05, 3.63) is 59.2 Å². The van der Waals surface area contributed by atoms with Gasteiger partial charge in [-0.3, -0.25) is 9.59 Å². The summed E-state index contributed by atoms with van der Waals surface area (Å²) >= 11 is 5.92. The van der Waals surface area contributed by atoms with Crippen LogP contribution in [0, 0.1) is 0 Å². The summed E-state index contributed by atoms with van der Waals surface area (Å²) in [6.07, 6.45) is 1.75. The summed E-state index contributed by atoms with van der Waals surface area (Å²) in [5, 5.41) is 5.67. The Hall–Kier alpha value is -2.40. The van der Waals surface area contributed by atoms with Crippen LogP contribution in [0.3, 0.4) is 0 Å². The largest absolute Gasteiger partial charge is 0.351 e. The molecule has 2 N–H and O–H groups in total. The SMILES string of the molecule is O=C(CCNC(=O)c1ccccc1Cl)Nc1ccccn1. The van der Waals surface area contributed by atoms with E-state index in [4.69, 9.17) is 11.6 Å². The van der Waals surface area contributed by atoms with Crippen LogP contribution < -0.4 is 10.6 Å². The fourth-order valence-electron chi connectivity index (χ4n) is 1.67. The van der Waals surface area contributed by atoms with Crippen molar-refractivity contribution < 1.29 is 9.59 Å². The van der Waals surface area contributed by atoms with Crippen LogP contribution in [0.4, 0.5) is 5.82 Å². The molecule has 1 aromatic heterocycles. The summed E-state index contributed by atoms with van der Waals surface area (Å²) in [7, 11) is 0. The highest BCUT2D eigenvalue weighted by Crippen LogP contribution is 2.14. The van der Waals surface area contributed by atoms with E-state index < -0.39 is 0 Å². The number of nitrogens with zero attached hydrogens (tertiary/aromatic N) is 1. The third-order valence-corrected chi connectivity index (χ3v) is 3.02. The standard InChI is InChI=1S/C15H14ClN3O2/c16-12-6-2-1-5-11(12)15(21)18-10-8-14(20)19-13-7-3-4-9-17-13/h1-7,9H,8,10H2,(H,18,21)(H,17,19,20). The Morgan fingerprint density at radius 3 is 2.57 bits per heavy atom. The molecule has 2 amide bonds.